The summed E-state index contributed by atoms with van der Waals surface area (Å²) < 4.78 is 26.4. The molecule has 0 fully saturated rings. The molecule has 6 heteroatoms. The predicted octanol–water partition coefficient (Wildman–Crippen LogP) is 3.96. The van der Waals surface area contributed by atoms with Crippen LogP contribution in [0.5, 0.6) is 11.5 Å². The fourth-order valence-corrected chi connectivity index (χ4v) is 3.43. The second kappa shape index (κ2) is 7.12. The van der Waals surface area contributed by atoms with Crippen molar-refractivity contribution in [3.05, 3.63) is 70.8 Å². The maximum absolute atomic E-state index is 13.2. The highest BCUT2D eigenvalue weighted by atomic mass is 19.1. The summed E-state index contributed by atoms with van der Waals surface area (Å²) in [5.74, 6) is 0.822. The van der Waals surface area contributed by atoms with Crippen LogP contribution in [0.4, 0.5) is 4.39 Å². The van der Waals surface area contributed by atoms with Gasteiger partial charge in [0.15, 0.2) is 11.5 Å². The van der Waals surface area contributed by atoms with Gasteiger partial charge in [-0.15, -0.1) is 0 Å². The lowest BCUT2D eigenvalue weighted by molar-refractivity contribution is 0.279. The van der Waals surface area contributed by atoms with Crippen LogP contribution in [0.2, 0.25) is 0 Å². The molecule has 1 heterocycles. The molecule has 0 atom stereocenters. The minimum Gasteiger partial charge on any atom is -0.493 e. The highest BCUT2D eigenvalue weighted by Gasteiger charge is 2.23. The summed E-state index contributed by atoms with van der Waals surface area (Å²) >= 11 is 0. The normalized spacial score (nSPS) is 12.5. The van der Waals surface area contributed by atoms with E-state index in [9.17, 15) is 4.39 Å². The molecule has 0 bridgehead atoms. The van der Waals surface area contributed by atoms with Gasteiger partial charge in [0.05, 0.1) is 24.4 Å². The first-order valence-electron chi connectivity index (χ1n) is 8.76. The molecule has 0 saturated heterocycles. The number of fused-ring (bicyclic) bond motifs is 1. The predicted molar refractivity (Wildman–Crippen MR) is 97.6 cm³/mol. The molecule has 0 spiro atoms. The largest absolute Gasteiger partial charge is 0.493 e. The Kier molecular flexibility index (Phi) is 4.51. The third-order valence-corrected chi connectivity index (χ3v) is 4.74. The van der Waals surface area contributed by atoms with Crippen LogP contribution < -0.4 is 9.47 Å². The van der Waals surface area contributed by atoms with Crippen molar-refractivity contribution in [1.82, 2.24) is 9.78 Å². The first-order chi connectivity index (χ1) is 13.2. The van der Waals surface area contributed by atoms with E-state index in [1.54, 1.807) is 37.4 Å². The van der Waals surface area contributed by atoms with Crippen LogP contribution in [0.15, 0.2) is 42.5 Å². The smallest absolute Gasteiger partial charge is 0.162 e. The number of halogens is 1. The summed E-state index contributed by atoms with van der Waals surface area (Å²) in [6.07, 6.45) is 2.97. The second-order valence-corrected chi connectivity index (χ2v) is 6.38. The van der Waals surface area contributed by atoms with E-state index >= 15 is 0 Å². The molecule has 136 valence electrons. The Morgan fingerprint density at radius 3 is 2.70 bits per heavy atom. The van der Waals surface area contributed by atoms with Crippen LogP contribution in [0.3, 0.4) is 0 Å². The molecule has 0 aliphatic heterocycles. The topological polar surface area (TPSA) is 60.1 Å². The fourth-order valence-electron chi connectivity index (χ4n) is 3.43. The number of hydrogen-bond donors (Lipinski definition) is 0. The summed E-state index contributed by atoms with van der Waals surface area (Å²) in [6.45, 7) is 0.304. The molecule has 1 aliphatic carbocycles. The van der Waals surface area contributed by atoms with Crippen LogP contribution in [-0.4, -0.2) is 16.9 Å². The quantitative estimate of drug-likeness (QED) is 0.688. The van der Waals surface area contributed by atoms with Gasteiger partial charge in [0.25, 0.3) is 0 Å². The summed E-state index contributed by atoms with van der Waals surface area (Å²) in [5, 5.41) is 13.7. The Bertz CT molecular complexity index is 1020. The van der Waals surface area contributed by atoms with Crippen molar-refractivity contribution in [2.24, 2.45) is 0 Å². The number of ether oxygens (including phenoxy) is 2. The number of methoxy groups -OCH3 is 1. The van der Waals surface area contributed by atoms with Crippen molar-refractivity contribution in [2.75, 3.05) is 7.11 Å². The second-order valence-electron chi connectivity index (χ2n) is 6.38. The summed E-state index contributed by atoms with van der Waals surface area (Å²) in [5.41, 5.74) is 4.59. The van der Waals surface area contributed by atoms with E-state index < -0.39 is 0 Å². The Labute approximate surface area is 156 Å². The SMILES string of the molecule is COc1cc(C#N)ccc1OCc1nn(-c2ccc(F)cc2)c2c1CCC2. The molecular formula is C21H18FN3O2. The third kappa shape index (κ3) is 3.24. The molecule has 27 heavy (non-hydrogen) atoms. The van der Waals surface area contributed by atoms with Gasteiger partial charge in [-0.1, -0.05) is 0 Å². The van der Waals surface area contributed by atoms with Gasteiger partial charge in [-0.05, 0) is 55.7 Å². The lowest BCUT2D eigenvalue weighted by Gasteiger charge is -2.10. The third-order valence-electron chi connectivity index (χ3n) is 4.74. The van der Waals surface area contributed by atoms with Crippen molar-refractivity contribution in [1.29, 1.82) is 5.26 Å². The summed E-state index contributed by atoms with van der Waals surface area (Å²) in [4.78, 5) is 0. The zero-order chi connectivity index (χ0) is 18.8. The van der Waals surface area contributed by atoms with Crippen LogP contribution in [0, 0.1) is 17.1 Å². The first kappa shape index (κ1) is 17.1. The summed E-state index contributed by atoms with van der Waals surface area (Å²) in [7, 11) is 1.55. The molecule has 5 nitrogen and oxygen atoms in total. The van der Waals surface area contributed by atoms with E-state index in [0.29, 0.717) is 23.7 Å². The first-order valence-corrected chi connectivity index (χ1v) is 8.76. The van der Waals surface area contributed by atoms with Crippen molar-refractivity contribution in [3.63, 3.8) is 0 Å². The lowest BCUT2D eigenvalue weighted by atomic mass is 10.2. The lowest BCUT2D eigenvalue weighted by Crippen LogP contribution is -2.04. The van der Waals surface area contributed by atoms with Gasteiger partial charge in [0.1, 0.15) is 18.1 Å². The highest BCUT2D eigenvalue weighted by molar-refractivity contribution is 5.47. The van der Waals surface area contributed by atoms with Gasteiger partial charge in [0, 0.05) is 17.3 Å². The molecule has 2 aromatic carbocycles. The standard InChI is InChI=1S/C21H18FN3O2/c1-26-21-11-14(12-23)5-10-20(21)27-13-18-17-3-2-4-19(17)25(24-18)16-8-6-15(22)7-9-16/h5-11H,2-4,13H2,1H3. The molecule has 0 unspecified atom stereocenters. The summed E-state index contributed by atoms with van der Waals surface area (Å²) in [6, 6.07) is 13.5. The number of benzene rings is 2. The van der Waals surface area contributed by atoms with Gasteiger partial charge in [0.2, 0.25) is 0 Å². The number of nitrogens with zero attached hydrogens (tertiary/aromatic N) is 3. The molecule has 0 N–H and O–H groups in total. The Morgan fingerprint density at radius 2 is 1.96 bits per heavy atom. The monoisotopic (exact) mass is 363 g/mol. The van der Waals surface area contributed by atoms with Crippen LogP contribution in [0.1, 0.15) is 28.9 Å². The van der Waals surface area contributed by atoms with Gasteiger partial charge in [-0.25, -0.2) is 9.07 Å². The molecule has 0 amide bonds. The van der Waals surface area contributed by atoms with Crippen molar-refractivity contribution in [2.45, 2.75) is 25.9 Å². The van der Waals surface area contributed by atoms with E-state index in [1.165, 1.54) is 17.7 Å². The number of hydrogen-bond acceptors (Lipinski definition) is 4. The zero-order valence-electron chi connectivity index (χ0n) is 14.9. The average molecular weight is 363 g/mol. The molecule has 1 aromatic heterocycles. The number of rotatable bonds is 5. The number of nitriles is 1. The molecule has 0 saturated carbocycles. The molecule has 4 rings (SSSR count). The molecule has 3 aromatic rings. The van der Waals surface area contributed by atoms with E-state index in [2.05, 4.69) is 6.07 Å². The molecule has 0 radical (unpaired) electrons. The maximum atomic E-state index is 13.2. The highest BCUT2D eigenvalue weighted by Crippen LogP contribution is 2.31. The van der Waals surface area contributed by atoms with Crippen LogP contribution in [-0.2, 0) is 19.4 Å². The van der Waals surface area contributed by atoms with Crippen molar-refractivity contribution >= 4 is 0 Å². The van der Waals surface area contributed by atoms with E-state index in [-0.39, 0.29) is 5.82 Å². The van der Waals surface area contributed by atoms with Crippen LogP contribution >= 0.6 is 0 Å². The van der Waals surface area contributed by atoms with Gasteiger partial charge in [-0.3, -0.25) is 0 Å². The van der Waals surface area contributed by atoms with Gasteiger partial charge >= 0.3 is 0 Å². The Morgan fingerprint density at radius 1 is 1.15 bits per heavy atom. The van der Waals surface area contributed by atoms with Crippen molar-refractivity contribution in [3.8, 4) is 23.3 Å². The van der Waals surface area contributed by atoms with Gasteiger partial charge < -0.3 is 9.47 Å². The minimum atomic E-state index is -0.265. The van der Waals surface area contributed by atoms with E-state index in [0.717, 1.165) is 36.3 Å². The molecule has 1 aliphatic rings. The Hall–Kier alpha value is -3.33. The Balaban J connectivity index is 1.61. The van der Waals surface area contributed by atoms with Crippen LogP contribution in [0.25, 0.3) is 5.69 Å². The van der Waals surface area contributed by atoms with Crippen molar-refractivity contribution < 1.29 is 13.9 Å². The van der Waals surface area contributed by atoms with E-state index in [1.807, 2.05) is 4.68 Å². The molecular weight excluding hydrogens is 345 g/mol. The van der Waals surface area contributed by atoms with E-state index in [4.69, 9.17) is 19.8 Å². The zero-order valence-corrected chi connectivity index (χ0v) is 14.9. The maximum Gasteiger partial charge on any atom is 0.162 e. The van der Waals surface area contributed by atoms with Gasteiger partial charge in [-0.2, -0.15) is 10.4 Å². The number of aromatic nitrogens is 2. The average Bonchev–Trinajstić information content (AvgIpc) is 3.30. The fraction of sp³-hybridized carbons (Fsp3) is 0.238. The minimum absolute atomic E-state index is 0.265.